The van der Waals surface area contributed by atoms with Crippen LogP contribution in [0.2, 0.25) is 0 Å². The van der Waals surface area contributed by atoms with Crippen LogP contribution in [0.4, 0.5) is 28.8 Å². The second-order valence-electron chi connectivity index (χ2n) is 7.08. The highest BCUT2D eigenvalue weighted by molar-refractivity contribution is 5.62. The van der Waals surface area contributed by atoms with Gasteiger partial charge in [-0.1, -0.05) is 0 Å². The molecule has 0 unspecified atom stereocenters. The lowest BCUT2D eigenvalue weighted by molar-refractivity contribution is 0.313. The number of nitrogens with one attached hydrogen (secondary N) is 2. The zero-order chi connectivity index (χ0) is 20.1. The zero-order valence-corrected chi connectivity index (χ0v) is 16.8. The molecule has 7 nitrogen and oxygen atoms in total. The van der Waals surface area contributed by atoms with Crippen molar-refractivity contribution in [2.75, 3.05) is 55.9 Å². The van der Waals surface area contributed by atoms with Crippen LogP contribution in [0, 0.1) is 0 Å². The molecule has 2 heterocycles. The summed E-state index contributed by atoms with van der Waals surface area (Å²) in [6.45, 7) is 4.33. The van der Waals surface area contributed by atoms with Crippen LogP contribution < -0.4 is 20.3 Å². The highest BCUT2D eigenvalue weighted by atomic mass is 16.5. The van der Waals surface area contributed by atoms with E-state index in [4.69, 9.17) is 4.74 Å². The summed E-state index contributed by atoms with van der Waals surface area (Å²) in [5.41, 5.74) is 3.16. The third-order valence-electron chi connectivity index (χ3n) is 5.01. The molecule has 1 saturated heterocycles. The molecule has 0 aliphatic carbocycles. The summed E-state index contributed by atoms with van der Waals surface area (Å²) >= 11 is 0. The summed E-state index contributed by atoms with van der Waals surface area (Å²) in [5.74, 6) is 2.09. The summed E-state index contributed by atoms with van der Waals surface area (Å²) in [6, 6.07) is 18.0. The second kappa shape index (κ2) is 8.79. The van der Waals surface area contributed by atoms with Crippen LogP contribution in [0.25, 0.3) is 0 Å². The fourth-order valence-corrected chi connectivity index (χ4v) is 3.26. The lowest BCUT2D eigenvalue weighted by Gasteiger charge is -2.34. The molecule has 1 aliphatic heterocycles. The average molecular weight is 390 g/mol. The first-order chi connectivity index (χ1) is 14.2. The fraction of sp³-hybridized carbons (Fsp3) is 0.273. The molecule has 2 N–H and O–H groups in total. The van der Waals surface area contributed by atoms with E-state index in [1.54, 1.807) is 13.3 Å². The van der Waals surface area contributed by atoms with Gasteiger partial charge in [0.25, 0.3) is 0 Å². The van der Waals surface area contributed by atoms with E-state index in [2.05, 4.69) is 61.7 Å². The Morgan fingerprint density at radius 2 is 1.48 bits per heavy atom. The number of rotatable bonds is 6. The Labute approximate surface area is 171 Å². The molecule has 2 aromatic carbocycles. The maximum absolute atomic E-state index is 5.18. The number of hydrogen-bond donors (Lipinski definition) is 2. The van der Waals surface area contributed by atoms with Crippen LogP contribution in [0.15, 0.2) is 60.8 Å². The Bertz CT molecular complexity index is 921. The summed E-state index contributed by atoms with van der Waals surface area (Å²) in [6.07, 6.45) is 1.74. The predicted molar refractivity (Wildman–Crippen MR) is 118 cm³/mol. The Hall–Kier alpha value is -3.32. The predicted octanol–water partition coefficient (Wildman–Crippen LogP) is 3.72. The molecular weight excluding hydrogens is 364 g/mol. The lowest BCUT2D eigenvalue weighted by atomic mass is 10.2. The van der Waals surface area contributed by atoms with Gasteiger partial charge in [-0.25, -0.2) is 4.98 Å². The van der Waals surface area contributed by atoms with E-state index in [0.29, 0.717) is 5.95 Å². The van der Waals surface area contributed by atoms with Crippen LogP contribution in [-0.2, 0) is 0 Å². The van der Waals surface area contributed by atoms with Crippen molar-refractivity contribution in [3.63, 3.8) is 0 Å². The quantitative estimate of drug-likeness (QED) is 0.665. The topological polar surface area (TPSA) is 65.6 Å². The maximum Gasteiger partial charge on any atom is 0.229 e. The molecule has 0 atom stereocenters. The average Bonchev–Trinajstić information content (AvgIpc) is 2.76. The van der Waals surface area contributed by atoms with Gasteiger partial charge in [-0.2, -0.15) is 4.98 Å². The van der Waals surface area contributed by atoms with Crippen molar-refractivity contribution in [3.05, 3.63) is 60.8 Å². The number of aromatic nitrogens is 2. The standard InChI is InChI=1S/C22H26N6O/c1-27-13-15-28(16-14-27)19-7-3-17(4-8-19)24-21-11-12-23-22(26-21)25-18-5-9-20(29-2)10-6-18/h3-12H,13-16H2,1-2H3,(H2,23,24,25,26). The lowest BCUT2D eigenvalue weighted by Crippen LogP contribution is -2.44. The first-order valence-corrected chi connectivity index (χ1v) is 9.74. The molecule has 4 rings (SSSR count). The molecule has 1 fully saturated rings. The third kappa shape index (κ3) is 4.94. The Morgan fingerprint density at radius 3 is 2.17 bits per heavy atom. The number of likely N-dealkylation sites (N-methyl/N-ethyl adjacent to an activating group) is 1. The molecule has 1 aliphatic rings. The van der Waals surface area contributed by atoms with Crippen molar-refractivity contribution in [1.82, 2.24) is 14.9 Å². The summed E-state index contributed by atoms with van der Waals surface area (Å²) in [5, 5.41) is 6.56. The minimum atomic E-state index is 0.536. The molecular formula is C22H26N6O. The fourth-order valence-electron chi connectivity index (χ4n) is 3.26. The van der Waals surface area contributed by atoms with Gasteiger partial charge in [-0.05, 0) is 61.6 Å². The van der Waals surface area contributed by atoms with Gasteiger partial charge in [0.15, 0.2) is 0 Å². The van der Waals surface area contributed by atoms with Gasteiger partial charge < -0.3 is 25.2 Å². The molecule has 3 aromatic rings. The van der Waals surface area contributed by atoms with Gasteiger partial charge in [-0.15, -0.1) is 0 Å². The molecule has 150 valence electrons. The van der Waals surface area contributed by atoms with E-state index in [0.717, 1.165) is 49.1 Å². The number of hydrogen-bond acceptors (Lipinski definition) is 7. The molecule has 29 heavy (non-hydrogen) atoms. The number of benzene rings is 2. The minimum absolute atomic E-state index is 0.536. The van der Waals surface area contributed by atoms with E-state index in [-0.39, 0.29) is 0 Å². The van der Waals surface area contributed by atoms with Crippen LogP contribution in [0.1, 0.15) is 0 Å². The van der Waals surface area contributed by atoms with Crippen LogP contribution in [0.3, 0.4) is 0 Å². The Balaban J connectivity index is 1.39. The van der Waals surface area contributed by atoms with Crippen molar-refractivity contribution in [2.45, 2.75) is 0 Å². The van der Waals surface area contributed by atoms with Gasteiger partial charge in [0.1, 0.15) is 11.6 Å². The Morgan fingerprint density at radius 1 is 0.828 bits per heavy atom. The molecule has 7 heteroatoms. The number of methoxy groups -OCH3 is 1. The minimum Gasteiger partial charge on any atom is -0.497 e. The molecule has 0 radical (unpaired) electrons. The highest BCUT2D eigenvalue weighted by Gasteiger charge is 2.14. The van der Waals surface area contributed by atoms with E-state index in [1.165, 1.54) is 5.69 Å². The summed E-state index contributed by atoms with van der Waals surface area (Å²) < 4.78 is 5.18. The maximum atomic E-state index is 5.18. The van der Waals surface area contributed by atoms with Crippen LogP contribution in [0.5, 0.6) is 5.75 Å². The first kappa shape index (κ1) is 19.0. The number of anilines is 5. The van der Waals surface area contributed by atoms with E-state index in [9.17, 15) is 0 Å². The second-order valence-corrected chi connectivity index (χ2v) is 7.08. The Kier molecular flexibility index (Phi) is 5.76. The molecule has 0 amide bonds. The summed E-state index contributed by atoms with van der Waals surface area (Å²) in [4.78, 5) is 13.6. The normalized spacial score (nSPS) is 14.5. The van der Waals surface area contributed by atoms with Gasteiger partial charge in [0, 0.05) is 49.4 Å². The smallest absolute Gasteiger partial charge is 0.229 e. The largest absolute Gasteiger partial charge is 0.497 e. The first-order valence-electron chi connectivity index (χ1n) is 9.74. The van der Waals surface area contributed by atoms with E-state index >= 15 is 0 Å². The zero-order valence-electron chi connectivity index (χ0n) is 16.8. The SMILES string of the molecule is COc1ccc(Nc2nccc(Nc3ccc(N4CCN(C)CC4)cc3)n2)cc1. The summed E-state index contributed by atoms with van der Waals surface area (Å²) in [7, 11) is 3.82. The van der Waals surface area contributed by atoms with Crippen LogP contribution in [-0.4, -0.2) is 55.2 Å². The van der Waals surface area contributed by atoms with E-state index < -0.39 is 0 Å². The van der Waals surface area contributed by atoms with Crippen LogP contribution >= 0.6 is 0 Å². The van der Waals surface area contributed by atoms with Crippen molar-refractivity contribution >= 4 is 28.8 Å². The number of piperazine rings is 1. The highest BCUT2D eigenvalue weighted by Crippen LogP contribution is 2.23. The molecule has 0 bridgehead atoms. The van der Waals surface area contributed by atoms with Gasteiger partial charge in [-0.3, -0.25) is 0 Å². The van der Waals surface area contributed by atoms with Crippen molar-refractivity contribution in [2.24, 2.45) is 0 Å². The van der Waals surface area contributed by atoms with Crippen molar-refractivity contribution < 1.29 is 4.74 Å². The monoisotopic (exact) mass is 390 g/mol. The van der Waals surface area contributed by atoms with E-state index in [1.807, 2.05) is 30.3 Å². The van der Waals surface area contributed by atoms with Crippen molar-refractivity contribution in [3.8, 4) is 5.75 Å². The number of ether oxygens (including phenoxy) is 1. The molecule has 0 spiro atoms. The molecule has 1 aromatic heterocycles. The van der Waals surface area contributed by atoms with Crippen molar-refractivity contribution in [1.29, 1.82) is 0 Å². The number of nitrogens with zero attached hydrogens (tertiary/aromatic N) is 4. The van der Waals surface area contributed by atoms with Gasteiger partial charge in [0.2, 0.25) is 5.95 Å². The molecule has 0 saturated carbocycles. The van der Waals surface area contributed by atoms with Gasteiger partial charge >= 0.3 is 0 Å². The van der Waals surface area contributed by atoms with Gasteiger partial charge in [0.05, 0.1) is 7.11 Å². The third-order valence-corrected chi connectivity index (χ3v) is 5.01.